The zero-order valence-electron chi connectivity index (χ0n) is 27.7. The van der Waals surface area contributed by atoms with Crippen LogP contribution in [0.3, 0.4) is 0 Å². The number of anilines is 5. The number of hydrogen-bond donors (Lipinski definition) is 1. The molecular weight excluding hydrogens is 593 g/mol. The number of nitrogens with one attached hydrogen (secondary N) is 1. The Balaban J connectivity index is 1.05. The van der Waals surface area contributed by atoms with E-state index in [0.717, 1.165) is 11.4 Å². The van der Waals surface area contributed by atoms with E-state index in [2.05, 4.69) is 194 Å². The molecule has 0 aliphatic carbocycles. The minimum atomic E-state index is -0.149. The fraction of sp³-hybridized carbons (Fsp3) is 0.0638. The first-order chi connectivity index (χ1) is 24.0. The summed E-state index contributed by atoms with van der Waals surface area (Å²) in [7, 11) is 0. The SMILES string of the molecule is CC1(C)c2ccccc2N(c2ccc3ccccc3c2)c2ccc(/C=C/c3ccc4c(ccc5cc(Nc6ccccc6)ccc54)c3)cc21. The van der Waals surface area contributed by atoms with Gasteiger partial charge in [0.25, 0.3) is 0 Å². The average molecular weight is 629 g/mol. The van der Waals surface area contributed by atoms with Gasteiger partial charge in [-0.15, -0.1) is 0 Å². The second-order valence-corrected chi connectivity index (χ2v) is 13.6. The molecule has 0 fully saturated rings. The van der Waals surface area contributed by atoms with E-state index in [-0.39, 0.29) is 5.41 Å². The van der Waals surface area contributed by atoms with Gasteiger partial charge in [-0.2, -0.15) is 0 Å². The highest BCUT2D eigenvalue weighted by Gasteiger charge is 2.36. The van der Waals surface area contributed by atoms with Crippen molar-refractivity contribution in [2.45, 2.75) is 19.3 Å². The number of benzene rings is 8. The Morgan fingerprint density at radius 2 is 1.08 bits per heavy atom. The van der Waals surface area contributed by atoms with E-state index in [0.29, 0.717) is 0 Å². The lowest BCUT2D eigenvalue weighted by Gasteiger charge is -2.42. The lowest BCUT2D eigenvalue weighted by Crippen LogP contribution is -2.30. The zero-order valence-corrected chi connectivity index (χ0v) is 27.7. The molecule has 9 rings (SSSR count). The molecule has 1 aliphatic heterocycles. The van der Waals surface area contributed by atoms with Gasteiger partial charge in [-0.3, -0.25) is 0 Å². The van der Waals surface area contributed by atoms with Gasteiger partial charge in [0.15, 0.2) is 0 Å². The second kappa shape index (κ2) is 11.5. The van der Waals surface area contributed by atoms with Crippen molar-refractivity contribution < 1.29 is 0 Å². The summed E-state index contributed by atoms with van der Waals surface area (Å²) < 4.78 is 0. The van der Waals surface area contributed by atoms with Crippen molar-refractivity contribution >= 4 is 72.9 Å². The highest BCUT2D eigenvalue weighted by Crippen LogP contribution is 2.52. The summed E-state index contributed by atoms with van der Waals surface area (Å²) >= 11 is 0. The lowest BCUT2D eigenvalue weighted by molar-refractivity contribution is 0.632. The molecule has 8 aromatic rings. The fourth-order valence-corrected chi connectivity index (χ4v) is 7.57. The Morgan fingerprint density at radius 3 is 1.92 bits per heavy atom. The first-order valence-electron chi connectivity index (χ1n) is 17.0. The van der Waals surface area contributed by atoms with Crippen LogP contribution < -0.4 is 10.2 Å². The Kier molecular flexibility index (Phi) is 6.84. The minimum Gasteiger partial charge on any atom is -0.356 e. The van der Waals surface area contributed by atoms with Crippen LogP contribution in [-0.4, -0.2) is 0 Å². The summed E-state index contributed by atoms with van der Waals surface area (Å²) in [6.07, 6.45) is 4.49. The van der Waals surface area contributed by atoms with Crippen molar-refractivity contribution in [3.8, 4) is 0 Å². The number of fused-ring (bicyclic) bond motifs is 6. The highest BCUT2D eigenvalue weighted by molar-refractivity contribution is 6.09. The maximum Gasteiger partial charge on any atom is 0.0503 e. The van der Waals surface area contributed by atoms with Gasteiger partial charge in [0.05, 0.1) is 11.4 Å². The molecule has 2 heteroatoms. The molecule has 0 unspecified atom stereocenters. The molecule has 234 valence electrons. The van der Waals surface area contributed by atoms with E-state index in [4.69, 9.17) is 0 Å². The van der Waals surface area contributed by atoms with Gasteiger partial charge < -0.3 is 10.2 Å². The molecule has 0 saturated heterocycles. The van der Waals surface area contributed by atoms with Crippen molar-refractivity contribution in [1.82, 2.24) is 0 Å². The van der Waals surface area contributed by atoms with Crippen molar-refractivity contribution in [3.05, 3.63) is 186 Å². The molecular formula is C47H36N2. The average Bonchev–Trinajstić information content (AvgIpc) is 3.14. The molecule has 0 saturated carbocycles. The summed E-state index contributed by atoms with van der Waals surface area (Å²) in [6, 6.07) is 59.4. The van der Waals surface area contributed by atoms with E-state index in [1.165, 1.54) is 71.6 Å². The second-order valence-electron chi connectivity index (χ2n) is 13.6. The Hall–Kier alpha value is -6.12. The number of rotatable bonds is 5. The first-order valence-corrected chi connectivity index (χ1v) is 17.0. The van der Waals surface area contributed by atoms with Crippen molar-refractivity contribution in [2.75, 3.05) is 10.2 Å². The van der Waals surface area contributed by atoms with Crippen molar-refractivity contribution in [3.63, 3.8) is 0 Å². The third-order valence-corrected chi connectivity index (χ3v) is 10.1. The van der Waals surface area contributed by atoms with Gasteiger partial charge in [0.2, 0.25) is 0 Å². The number of nitrogens with zero attached hydrogens (tertiary/aromatic N) is 1. The molecule has 2 nitrogen and oxygen atoms in total. The maximum absolute atomic E-state index is 3.52. The molecule has 0 spiro atoms. The van der Waals surface area contributed by atoms with Crippen LogP contribution in [0.2, 0.25) is 0 Å². The summed E-state index contributed by atoms with van der Waals surface area (Å²) in [5.74, 6) is 0. The quantitative estimate of drug-likeness (QED) is 0.151. The van der Waals surface area contributed by atoms with E-state index >= 15 is 0 Å². The fourth-order valence-electron chi connectivity index (χ4n) is 7.57. The molecule has 1 aliphatic rings. The minimum absolute atomic E-state index is 0.149. The number of para-hydroxylation sites is 2. The third kappa shape index (κ3) is 5.14. The molecule has 0 atom stereocenters. The molecule has 1 N–H and O–H groups in total. The Bertz CT molecular complexity index is 2560. The molecule has 0 radical (unpaired) electrons. The van der Waals surface area contributed by atoms with Crippen LogP contribution in [0.4, 0.5) is 28.4 Å². The van der Waals surface area contributed by atoms with Crippen molar-refractivity contribution in [1.29, 1.82) is 0 Å². The van der Waals surface area contributed by atoms with Crippen LogP contribution in [0, 0.1) is 0 Å². The molecule has 0 bridgehead atoms. The van der Waals surface area contributed by atoms with E-state index in [1.54, 1.807) is 0 Å². The van der Waals surface area contributed by atoms with Gasteiger partial charge in [0, 0.05) is 22.5 Å². The van der Waals surface area contributed by atoms with Crippen LogP contribution in [0.1, 0.15) is 36.1 Å². The van der Waals surface area contributed by atoms with Crippen molar-refractivity contribution in [2.24, 2.45) is 0 Å². The largest absolute Gasteiger partial charge is 0.356 e. The number of hydrogen-bond acceptors (Lipinski definition) is 2. The molecule has 0 amide bonds. The summed E-state index contributed by atoms with van der Waals surface area (Å²) in [4.78, 5) is 2.43. The van der Waals surface area contributed by atoms with E-state index in [1.807, 2.05) is 6.07 Å². The molecule has 49 heavy (non-hydrogen) atoms. The van der Waals surface area contributed by atoms with Crippen LogP contribution in [-0.2, 0) is 5.41 Å². The highest BCUT2D eigenvalue weighted by atomic mass is 15.2. The van der Waals surface area contributed by atoms with Gasteiger partial charge in [-0.05, 0) is 115 Å². The predicted molar refractivity (Wildman–Crippen MR) is 211 cm³/mol. The van der Waals surface area contributed by atoms with Gasteiger partial charge in [0.1, 0.15) is 0 Å². The van der Waals surface area contributed by atoms with Crippen LogP contribution >= 0.6 is 0 Å². The van der Waals surface area contributed by atoms with Gasteiger partial charge >= 0.3 is 0 Å². The Labute approximate surface area is 287 Å². The zero-order chi connectivity index (χ0) is 33.0. The van der Waals surface area contributed by atoms with Crippen LogP contribution in [0.5, 0.6) is 0 Å². The van der Waals surface area contributed by atoms with Crippen LogP contribution in [0.15, 0.2) is 164 Å². The smallest absolute Gasteiger partial charge is 0.0503 e. The van der Waals surface area contributed by atoms with E-state index < -0.39 is 0 Å². The van der Waals surface area contributed by atoms with Gasteiger partial charge in [-0.1, -0.05) is 129 Å². The lowest BCUT2D eigenvalue weighted by atomic mass is 9.73. The molecule has 1 heterocycles. The summed E-state index contributed by atoms with van der Waals surface area (Å²) in [5, 5.41) is 11.0. The topological polar surface area (TPSA) is 15.3 Å². The Morgan fingerprint density at radius 1 is 0.449 bits per heavy atom. The summed E-state index contributed by atoms with van der Waals surface area (Å²) in [6.45, 7) is 4.70. The van der Waals surface area contributed by atoms with Crippen LogP contribution in [0.25, 0.3) is 44.5 Å². The predicted octanol–water partition coefficient (Wildman–Crippen LogP) is 13.2. The van der Waals surface area contributed by atoms with Gasteiger partial charge in [-0.25, -0.2) is 0 Å². The first kappa shape index (κ1) is 29.1. The monoisotopic (exact) mass is 628 g/mol. The maximum atomic E-state index is 3.52. The normalized spacial score (nSPS) is 13.6. The summed E-state index contributed by atoms with van der Waals surface area (Å²) in [5.41, 5.74) is 10.7. The van der Waals surface area contributed by atoms with E-state index in [9.17, 15) is 0 Å². The third-order valence-electron chi connectivity index (χ3n) is 10.1. The molecule has 8 aromatic carbocycles. The standard InChI is InChI=1S/C47H36N2/c1-47(2)43-14-8-9-15-45(43)49(40-24-22-34-10-6-7-11-35(34)31-40)46-27-19-33(29-44(46)47)17-16-32-18-25-41-36(28-32)20-21-37-30-39(23-26-42(37)41)48-38-12-4-3-5-13-38/h3-31,48H,1-2H3/b17-16+. The molecule has 0 aromatic heterocycles.